The monoisotopic (exact) mass is 701 g/mol. The molecule has 3 aliphatic heterocycles. The zero-order chi connectivity index (χ0) is 36.8. The minimum atomic E-state index is -1.38. The molecule has 0 bridgehead atoms. The van der Waals surface area contributed by atoms with Gasteiger partial charge >= 0.3 is 12.1 Å². The van der Waals surface area contributed by atoms with Gasteiger partial charge in [0.15, 0.2) is 18.2 Å². The first-order valence-corrected chi connectivity index (χ1v) is 18.0. The molecule has 3 fully saturated rings. The summed E-state index contributed by atoms with van der Waals surface area (Å²) < 4.78 is 42.1. The Labute approximate surface area is 292 Å². The van der Waals surface area contributed by atoms with E-state index in [9.17, 15) is 24.6 Å². The fourth-order valence-electron chi connectivity index (χ4n) is 7.66. The third-order valence-corrected chi connectivity index (χ3v) is 10.8. The van der Waals surface area contributed by atoms with Gasteiger partial charge in [-0.25, -0.2) is 4.79 Å². The van der Waals surface area contributed by atoms with Crippen LogP contribution in [0.15, 0.2) is 0 Å². The van der Waals surface area contributed by atoms with E-state index in [0.29, 0.717) is 19.3 Å². The second kappa shape index (κ2) is 18.1. The molecule has 13 heteroatoms. The smallest absolute Gasteiger partial charge is 0.458 e. The Morgan fingerprint density at radius 2 is 1.59 bits per heavy atom. The van der Waals surface area contributed by atoms with Gasteiger partial charge in [0.1, 0.15) is 11.9 Å². The van der Waals surface area contributed by atoms with E-state index in [0.717, 1.165) is 6.42 Å². The van der Waals surface area contributed by atoms with Crippen LogP contribution in [-0.4, -0.2) is 121 Å². The number of ketones is 1. The second-order valence-corrected chi connectivity index (χ2v) is 15.2. The van der Waals surface area contributed by atoms with Crippen molar-refractivity contribution < 1.29 is 57.8 Å². The Hall–Kier alpha value is -1.87. The van der Waals surface area contributed by atoms with E-state index >= 15 is 0 Å². The first-order valence-electron chi connectivity index (χ1n) is 18.0. The number of hydrogen-bond donors (Lipinski definition) is 2. The zero-order valence-electron chi connectivity index (χ0n) is 31.5. The number of ether oxygens (including phenoxy) is 7. The maximum absolute atomic E-state index is 14.1. The molecule has 3 saturated heterocycles. The van der Waals surface area contributed by atoms with Crippen molar-refractivity contribution in [2.75, 3.05) is 21.2 Å². The summed E-state index contributed by atoms with van der Waals surface area (Å²) in [6, 6.07) is 0.195. The lowest BCUT2D eigenvalue weighted by Gasteiger charge is -2.44. The molecule has 13 nitrogen and oxygen atoms in total. The number of methoxy groups -OCH3 is 1. The molecule has 0 saturated carbocycles. The Morgan fingerprint density at radius 1 is 0.959 bits per heavy atom. The van der Waals surface area contributed by atoms with Crippen LogP contribution in [0.3, 0.4) is 0 Å². The third-order valence-electron chi connectivity index (χ3n) is 10.8. The first kappa shape index (κ1) is 41.5. The summed E-state index contributed by atoms with van der Waals surface area (Å²) >= 11 is 0. The van der Waals surface area contributed by atoms with Gasteiger partial charge in [-0.05, 0) is 67.0 Å². The second-order valence-electron chi connectivity index (χ2n) is 15.2. The van der Waals surface area contributed by atoms with E-state index < -0.39 is 84.7 Å². The van der Waals surface area contributed by atoms with Crippen LogP contribution in [0, 0.1) is 23.7 Å². The van der Waals surface area contributed by atoms with Crippen LogP contribution in [0.2, 0.25) is 0 Å². The number of carbonyl (C=O) groups excluding carboxylic acids is 3. The molecule has 2 N–H and O–H groups in total. The van der Waals surface area contributed by atoms with E-state index in [1.165, 1.54) is 7.11 Å². The van der Waals surface area contributed by atoms with Crippen LogP contribution in [-0.2, 0) is 42.7 Å². The molecule has 15 atom stereocenters. The van der Waals surface area contributed by atoms with Gasteiger partial charge in [-0.3, -0.25) is 9.59 Å². The normalized spacial score (nSPS) is 43.4. The molecular weight excluding hydrogens is 638 g/mol. The summed E-state index contributed by atoms with van der Waals surface area (Å²) in [6.45, 7) is 14.4. The Bertz CT molecular complexity index is 1080. The van der Waals surface area contributed by atoms with E-state index in [2.05, 4.69) is 4.90 Å². The highest BCUT2D eigenvalue weighted by Gasteiger charge is 2.47. The maximum atomic E-state index is 14.1. The van der Waals surface area contributed by atoms with Crippen LogP contribution in [0.1, 0.15) is 100 Å². The van der Waals surface area contributed by atoms with Crippen LogP contribution >= 0.6 is 0 Å². The van der Waals surface area contributed by atoms with E-state index in [1.807, 2.05) is 41.8 Å². The van der Waals surface area contributed by atoms with Gasteiger partial charge in [0.2, 0.25) is 0 Å². The van der Waals surface area contributed by atoms with Crippen molar-refractivity contribution in [3.05, 3.63) is 0 Å². The molecule has 0 aliphatic carbocycles. The molecule has 3 aliphatic rings. The van der Waals surface area contributed by atoms with E-state index in [1.54, 1.807) is 27.7 Å². The zero-order valence-corrected chi connectivity index (χ0v) is 31.5. The summed E-state index contributed by atoms with van der Waals surface area (Å²) in [5.41, 5.74) is -1.38. The van der Waals surface area contributed by atoms with Crippen LogP contribution < -0.4 is 0 Å². The quantitative estimate of drug-likeness (QED) is 0.364. The molecule has 0 aromatic rings. The van der Waals surface area contributed by atoms with Crippen LogP contribution in [0.25, 0.3) is 0 Å². The third kappa shape index (κ3) is 10.8. The number of carbonyl (C=O) groups is 3. The number of rotatable bonds is 7. The van der Waals surface area contributed by atoms with E-state index in [-0.39, 0.29) is 43.1 Å². The van der Waals surface area contributed by atoms with Crippen LogP contribution in [0.5, 0.6) is 0 Å². The first-order chi connectivity index (χ1) is 22.9. The predicted octanol–water partition coefficient (Wildman–Crippen LogP) is 4.23. The van der Waals surface area contributed by atoms with Gasteiger partial charge < -0.3 is 48.3 Å². The summed E-state index contributed by atoms with van der Waals surface area (Å²) in [5, 5.41) is 22.3. The molecule has 10 unspecified atom stereocenters. The number of Topliss-reactive ketones (excluding diaryl/α,β-unsaturated/α-hetero) is 1. The number of nitrogens with zero attached hydrogens (tertiary/aromatic N) is 1. The highest BCUT2D eigenvalue weighted by atomic mass is 16.7. The van der Waals surface area contributed by atoms with Gasteiger partial charge in [-0.15, -0.1) is 0 Å². The molecular formula is C36H63NO12. The predicted molar refractivity (Wildman–Crippen MR) is 179 cm³/mol. The average Bonchev–Trinajstić information content (AvgIpc) is 3.04. The average molecular weight is 702 g/mol. The SMILES string of the molecule is CCC1OC(=O)C(C)C(O[C@H]2CC(C)[C@@H](O)C(C)O2)C(C)[C@@H](OC2CC(N(C)C)CC(C)O2)C(O)CCC(=O)[C@H](C)C[C@]1(C)OC(=O)OC. The summed E-state index contributed by atoms with van der Waals surface area (Å²) in [5.74, 6) is -2.99. The topological polar surface area (TPSA) is 160 Å². The molecule has 0 spiro atoms. The lowest BCUT2D eigenvalue weighted by atomic mass is 9.81. The summed E-state index contributed by atoms with van der Waals surface area (Å²) in [6.07, 6.45) is -5.13. The van der Waals surface area contributed by atoms with Crippen LogP contribution in [0.4, 0.5) is 4.79 Å². The van der Waals surface area contributed by atoms with Gasteiger partial charge in [0.25, 0.3) is 0 Å². The Morgan fingerprint density at radius 3 is 2.18 bits per heavy atom. The minimum Gasteiger partial charge on any atom is -0.458 e. The van der Waals surface area contributed by atoms with E-state index in [4.69, 9.17) is 33.2 Å². The van der Waals surface area contributed by atoms with Crippen molar-refractivity contribution in [2.24, 2.45) is 23.7 Å². The summed E-state index contributed by atoms with van der Waals surface area (Å²) in [4.78, 5) is 42.1. The van der Waals surface area contributed by atoms with Gasteiger partial charge in [-0.2, -0.15) is 0 Å². The van der Waals surface area contributed by atoms with Gasteiger partial charge in [-0.1, -0.05) is 27.7 Å². The lowest BCUT2D eigenvalue weighted by Crippen LogP contribution is -2.53. The fraction of sp³-hybridized carbons (Fsp3) is 0.917. The number of aliphatic hydroxyl groups excluding tert-OH is 2. The van der Waals surface area contributed by atoms with Gasteiger partial charge in [0, 0.05) is 43.6 Å². The molecule has 49 heavy (non-hydrogen) atoms. The summed E-state index contributed by atoms with van der Waals surface area (Å²) in [7, 11) is 5.21. The largest absolute Gasteiger partial charge is 0.508 e. The number of cyclic esters (lactones) is 1. The van der Waals surface area contributed by atoms with Crippen molar-refractivity contribution in [1.82, 2.24) is 4.90 Å². The molecule has 0 aromatic carbocycles. The maximum Gasteiger partial charge on any atom is 0.508 e. The van der Waals surface area contributed by atoms with Crippen molar-refractivity contribution >= 4 is 17.9 Å². The molecule has 0 radical (unpaired) electrons. The molecule has 284 valence electrons. The molecule has 0 amide bonds. The number of esters is 1. The van der Waals surface area contributed by atoms with Crippen molar-refractivity contribution in [3.63, 3.8) is 0 Å². The minimum absolute atomic E-state index is 0.0434. The van der Waals surface area contributed by atoms with Crippen molar-refractivity contribution in [3.8, 4) is 0 Å². The molecule has 3 heterocycles. The van der Waals surface area contributed by atoms with Gasteiger partial charge in [0.05, 0.1) is 49.7 Å². The Kier molecular flexibility index (Phi) is 15.3. The number of hydrogen-bond acceptors (Lipinski definition) is 13. The Balaban J connectivity index is 2.05. The van der Waals surface area contributed by atoms with Crippen molar-refractivity contribution in [2.45, 2.75) is 167 Å². The highest BCUT2D eigenvalue weighted by Crippen LogP contribution is 2.37. The molecule has 3 rings (SSSR count). The lowest BCUT2D eigenvalue weighted by molar-refractivity contribution is -0.281. The standard InChI is InChI=1S/C36H63NO12/c1-12-28-36(8,49-35(42)43-11)18-20(3)26(38)13-14-27(39)33(48-30-17-25(37(9)10)16-21(4)44-30)22(5)32(23(6)34(41)46-28)47-29-15-19(2)31(40)24(7)45-29/h19-25,27-33,39-40H,12-18H2,1-11H3/t19?,20-,21?,22?,23?,24?,25?,27?,28?,29+,30?,31-,32?,33-,36+/m1/s1. The highest BCUT2D eigenvalue weighted by molar-refractivity contribution is 5.81. The fourth-order valence-corrected chi connectivity index (χ4v) is 7.66. The molecule has 0 aromatic heterocycles. The van der Waals surface area contributed by atoms with Crippen molar-refractivity contribution in [1.29, 1.82) is 0 Å². The number of aliphatic hydroxyl groups is 2.